The largest absolute Gasteiger partial charge is 0.481 e. The Morgan fingerprint density at radius 3 is 2.79 bits per heavy atom. The van der Waals surface area contributed by atoms with Crippen molar-refractivity contribution in [1.29, 1.82) is 0 Å². The molecule has 1 aliphatic heterocycles. The monoisotopic (exact) mass is 283 g/mol. The Labute approximate surface area is 115 Å². The van der Waals surface area contributed by atoms with Gasteiger partial charge in [-0.2, -0.15) is 0 Å². The minimum atomic E-state index is -0.906. The van der Waals surface area contributed by atoms with E-state index in [0.29, 0.717) is 18.0 Å². The highest BCUT2D eigenvalue weighted by molar-refractivity contribution is 7.12. The zero-order valence-electron chi connectivity index (χ0n) is 11.0. The number of hydrogen-bond acceptors (Lipinski definition) is 4. The molecule has 1 aromatic rings. The van der Waals surface area contributed by atoms with Crippen LogP contribution < -0.4 is 0 Å². The van der Waals surface area contributed by atoms with Crippen molar-refractivity contribution in [3.05, 3.63) is 21.9 Å². The summed E-state index contributed by atoms with van der Waals surface area (Å²) in [5, 5.41) is 11.1. The lowest BCUT2D eigenvalue weighted by Gasteiger charge is -2.29. The minimum absolute atomic E-state index is 0.100. The molecule has 0 radical (unpaired) electrons. The van der Waals surface area contributed by atoms with Gasteiger partial charge in [0.2, 0.25) is 0 Å². The Kier molecular flexibility index (Phi) is 4.21. The lowest BCUT2D eigenvalue weighted by molar-refractivity contribution is -0.142. The molecule has 2 atom stereocenters. The third-order valence-electron chi connectivity index (χ3n) is 3.43. The zero-order chi connectivity index (χ0) is 14.0. The second kappa shape index (κ2) is 5.71. The average molecular weight is 283 g/mol. The molecule has 2 unspecified atom stereocenters. The van der Waals surface area contributed by atoms with Gasteiger partial charge in [-0.1, -0.05) is 0 Å². The smallest absolute Gasteiger partial charge is 0.311 e. The maximum absolute atomic E-state index is 12.5. The molecule has 0 bridgehead atoms. The third-order valence-corrected chi connectivity index (χ3v) is 4.43. The van der Waals surface area contributed by atoms with E-state index in [2.05, 4.69) is 0 Å². The summed E-state index contributed by atoms with van der Waals surface area (Å²) in [6.45, 7) is 4.69. The first-order valence-electron chi connectivity index (χ1n) is 6.21. The number of hydrogen-bond donors (Lipinski definition) is 1. The number of likely N-dealkylation sites (N-methyl/N-ethyl adjacent to an activating group) is 1. The van der Waals surface area contributed by atoms with Crippen molar-refractivity contribution in [2.75, 3.05) is 19.8 Å². The number of carbonyl (C=O) groups excluding carboxylic acids is 1. The number of carboxylic acid groups (broad SMARTS) is 1. The molecule has 0 saturated carbocycles. The van der Waals surface area contributed by atoms with E-state index in [1.54, 1.807) is 4.90 Å². The summed E-state index contributed by atoms with van der Waals surface area (Å²) in [6.07, 6.45) is 0. The van der Waals surface area contributed by atoms with Crippen LogP contribution in [0.3, 0.4) is 0 Å². The van der Waals surface area contributed by atoms with Gasteiger partial charge in [-0.25, -0.2) is 0 Å². The molecule has 0 aliphatic carbocycles. The Hall–Kier alpha value is -1.40. The van der Waals surface area contributed by atoms with Crippen LogP contribution in [0, 0.1) is 12.8 Å². The first-order chi connectivity index (χ1) is 9.06. The second-order valence-electron chi connectivity index (χ2n) is 4.57. The quantitative estimate of drug-likeness (QED) is 0.912. The second-order valence-corrected chi connectivity index (χ2v) is 5.49. The molecule has 1 amide bonds. The molecule has 2 rings (SSSR count). The molecule has 0 spiro atoms. The number of rotatable bonds is 4. The summed E-state index contributed by atoms with van der Waals surface area (Å²) in [4.78, 5) is 26.0. The maximum atomic E-state index is 12.5. The van der Waals surface area contributed by atoms with Gasteiger partial charge in [0.1, 0.15) is 5.92 Å². The Bertz CT molecular complexity index is 485. The molecule has 1 fully saturated rings. The van der Waals surface area contributed by atoms with Crippen molar-refractivity contribution in [3.8, 4) is 0 Å². The van der Waals surface area contributed by atoms with Crippen LogP contribution in [0.5, 0.6) is 0 Å². The fraction of sp³-hybridized carbons (Fsp3) is 0.538. The zero-order valence-corrected chi connectivity index (χ0v) is 11.8. The van der Waals surface area contributed by atoms with Crippen molar-refractivity contribution in [2.45, 2.75) is 19.9 Å². The molecule has 104 valence electrons. The number of carbonyl (C=O) groups is 2. The fourth-order valence-corrected chi connectivity index (χ4v) is 3.22. The van der Waals surface area contributed by atoms with E-state index in [-0.39, 0.29) is 18.6 Å². The number of aryl methyl sites for hydroxylation is 1. The molecule has 1 aliphatic rings. The summed E-state index contributed by atoms with van der Waals surface area (Å²) >= 11 is 1.39. The fourth-order valence-electron chi connectivity index (χ4n) is 2.34. The molecule has 6 heteroatoms. The van der Waals surface area contributed by atoms with Crippen LogP contribution in [0.2, 0.25) is 0 Å². The van der Waals surface area contributed by atoms with Crippen LogP contribution in [-0.4, -0.2) is 47.7 Å². The molecule has 1 saturated heterocycles. The number of amides is 1. The normalized spacial score (nSPS) is 22.4. The van der Waals surface area contributed by atoms with Gasteiger partial charge in [-0.15, -0.1) is 11.3 Å². The number of carboxylic acids is 1. The number of ether oxygens (including phenoxy) is 1. The lowest BCUT2D eigenvalue weighted by Crippen LogP contribution is -2.46. The summed E-state index contributed by atoms with van der Waals surface area (Å²) in [7, 11) is 0. The Morgan fingerprint density at radius 2 is 2.26 bits per heavy atom. The van der Waals surface area contributed by atoms with Gasteiger partial charge < -0.3 is 14.7 Å². The topological polar surface area (TPSA) is 66.8 Å². The summed E-state index contributed by atoms with van der Waals surface area (Å²) in [5.41, 5.74) is 0.930. The average Bonchev–Trinajstić information content (AvgIpc) is 2.98. The van der Waals surface area contributed by atoms with Gasteiger partial charge in [-0.3, -0.25) is 9.59 Å². The highest BCUT2D eigenvalue weighted by Crippen LogP contribution is 2.24. The van der Waals surface area contributed by atoms with Crippen LogP contribution in [0.4, 0.5) is 0 Å². The van der Waals surface area contributed by atoms with E-state index in [4.69, 9.17) is 4.74 Å². The molecule has 1 aromatic heterocycles. The van der Waals surface area contributed by atoms with Crippen molar-refractivity contribution in [2.24, 2.45) is 5.92 Å². The molecule has 2 heterocycles. The van der Waals surface area contributed by atoms with Gasteiger partial charge in [0.05, 0.1) is 24.1 Å². The van der Waals surface area contributed by atoms with Crippen LogP contribution in [-0.2, 0) is 9.53 Å². The molecule has 0 aromatic carbocycles. The first kappa shape index (κ1) is 14.0. The minimum Gasteiger partial charge on any atom is -0.481 e. The summed E-state index contributed by atoms with van der Waals surface area (Å²) in [5.74, 6) is -1.64. The van der Waals surface area contributed by atoms with E-state index in [0.717, 1.165) is 5.56 Å². The van der Waals surface area contributed by atoms with Crippen LogP contribution >= 0.6 is 11.3 Å². The van der Waals surface area contributed by atoms with Gasteiger partial charge >= 0.3 is 5.97 Å². The first-order valence-corrected chi connectivity index (χ1v) is 7.09. The van der Waals surface area contributed by atoms with Crippen LogP contribution in [0.15, 0.2) is 11.4 Å². The molecule has 1 N–H and O–H groups in total. The highest BCUT2D eigenvalue weighted by Gasteiger charge is 2.40. The van der Waals surface area contributed by atoms with Crippen molar-refractivity contribution in [3.63, 3.8) is 0 Å². The summed E-state index contributed by atoms with van der Waals surface area (Å²) in [6, 6.07) is 1.52. The molecular weight excluding hydrogens is 266 g/mol. The third kappa shape index (κ3) is 2.64. The predicted molar refractivity (Wildman–Crippen MR) is 71.5 cm³/mol. The summed E-state index contributed by atoms with van der Waals surface area (Å²) < 4.78 is 5.24. The predicted octanol–water partition coefficient (Wildman–Crippen LogP) is 1.62. The molecular formula is C13H17NO4S. The molecule has 5 nitrogen and oxygen atoms in total. The van der Waals surface area contributed by atoms with E-state index in [1.165, 1.54) is 11.3 Å². The van der Waals surface area contributed by atoms with Crippen LogP contribution in [0.25, 0.3) is 0 Å². The maximum Gasteiger partial charge on any atom is 0.311 e. The SMILES string of the molecule is CCN(C(=O)c1sccc1C)C1COCC1C(=O)O. The van der Waals surface area contributed by atoms with Crippen LogP contribution in [0.1, 0.15) is 22.2 Å². The van der Waals surface area contributed by atoms with E-state index in [1.807, 2.05) is 25.3 Å². The van der Waals surface area contributed by atoms with E-state index in [9.17, 15) is 14.7 Å². The van der Waals surface area contributed by atoms with E-state index >= 15 is 0 Å². The van der Waals surface area contributed by atoms with Gasteiger partial charge in [0, 0.05) is 6.54 Å². The van der Waals surface area contributed by atoms with Gasteiger partial charge in [-0.05, 0) is 30.9 Å². The lowest BCUT2D eigenvalue weighted by atomic mass is 10.0. The Balaban J connectivity index is 2.23. The number of nitrogens with zero attached hydrogens (tertiary/aromatic N) is 1. The van der Waals surface area contributed by atoms with Gasteiger partial charge in [0.15, 0.2) is 0 Å². The van der Waals surface area contributed by atoms with Crippen molar-refractivity contribution >= 4 is 23.2 Å². The van der Waals surface area contributed by atoms with E-state index < -0.39 is 11.9 Å². The molecule has 19 heavy (non-hydrogen) atoms. The van der Waals surface area contributed by atoms with Crippen molar-refractivity contribution in [1.82, 2.24) is 4.90 Å². The highest BCUT2D eigenvalue weighted by atomic mass is 32.1. The van der Waals surface area contributed by atoms with Crippen molar-refractivity contribution < 1.29 is 19.4 Å². The number of thiophene rings is 1. The van der Waals surface area contributed by atoms with Gasteiger partial charge in [0.25, 0.3) is 5.91 Å². The Morgan fingerprint density at radius 1 is 1.53 bits per heavy atom. The standard InChI is InChI=1S/C13H17NO4S/c1-3-14(10-7-18-6-9(10)13(16)17)12(15)11-8(2)4-5-19-11/h4-5,9-10H,3,6-7H2,1-2H3,(H,16,17). The number of aliphatic carboxylic acids is 1.